The number of imidazole rings is 1. The zero-order valence-corrected chi connectivity index (χ0v) is 21.2. The van der Waals surface area contributed by atoms with Crippen molar-refractivity contribution in [3.63, 3.8) is 0 Å². The van der Waals surface area contributed by atoms with Crippen molar-refractivity contribution in [2.75, 3.05) is 13.1 Å². The third kappa shape index (κ3) is 4.65. The summed E-state index contributed by atoms with van der Waals surface area (Å²) in [4.78, 5) is 36.1. The number of nitrogens with zero attached hydrogens (tertiary/aromatic N) is 6. The summed E-state index contributed by atoms with van der Waals surface area (Å²) in [6, 6.07) is 6.55. The largest absolute Gasteiger partial charge is 0.444 e. The first-order valence-corrected chi connectivity index (χ1v) is 12.1. The molecule has 0 aliphatic carbocycles. The minimum atomic E-state index is -0.675. The highest BCUT2D eigenvalue weighted by atomic mass is 19.1. The van der Waals surface area contributed by atoms with E-state index in [1.54, 1.807) is 33.8 Å². The van der Waals surface area contributed by atoms with Gasteiger partial charge in [-0.25, -0.2) is 19.2 Å². The van der Waals surface area contributed by atoms with E-state index >= 15 is 4.39 Å². The molecule has 1 aliphatic heterocycles. The lowest BCUT2D eigenvalue weighted by Crippen LogP contribution is -2.43. The van der Waals surface area contributed by atoms with Crippen molar-refractivity contribution in [1.82, 2.24) is 23.8 Å². The molecule has 4 aromatic rings. The molecular weight excluding hydrogens is 475 g/mol. The van der Waals surface area contributed by atoms with Crippen molar-refractivity contribution in [3.8, 4) is 17.2 Å². The van der Waals surface area contributed by atoms with Crippen molar-refractivity contribution >= 4 is 22.6 Å². The molecule has 10 heteroatoms. The monoisotopic (exact) mass is 502 g/mol. The van der Waals surface area contributed by atoms with Gasteiger partial charge in [0.2, 0.25) is 0 Å². The number of halogens is 1. The maximum atomic E-state index is 15.4. The van der Waals surface area contributed by atoms with Crippen LogP contribution in [0.2, 0.25) is 0 Å². The molecule has 0 unspecified atom stereocenters. The molecule has 5 rings (SSSR count). The number of carbonyl (C=O) groups is 1. The number of carbonyl (C=O) groups excluding carboxylic acids is 1. The fraction of sp³-hybridized carbons (Fsp3) is 0.370. The zero-order valence-electron chi connectivity index (χ0n) is 21.2. The summed E-state index contributed by atoms with van der Waals surface area (Å²) >= 11 is 0. The third-order valence-electron chi connectivity index (χ3n) is 6.47. The van der Waals surface area contributed by atoms with Crippen LogP contribution < -0.4 is 5.56 Å². The molecule has 0 spiro atoms. The second-order valence-electron chi connectivity index (χ2n) is 10.4. The Morgan fingerprint density at radius 1 is 1.16 bits per heavy atom. The Hall–Kier alpha value is -4.26. The van der Waals surface area contributed by atoms with Crippen molar-refractivity contribution in [2.45, 2.75) is 52.2 Å². The first-order valence-electron chi connectivity index (χ1n) is 12.1. The SMILES string of the molecule is Cc1cn2cc(-c3cc(F)c4c(=O)n(C5CCN(C(=O)OC(C)(C)C)CC5)cnc4c3)cc(C#N)c2n1. The lowest BCUT2D eigenvalue weighted by atomic mass is 10.0. The van der Waals surface area contributed by atoms with E-state index in [4.69, 9.17) is 4.74 Å². The average molecular weight is 503 g/mol. The normalized spacial score (nSPS) is 14.8. The molecule has 37 heavy (non-hydrogen) atoms. The van der Waals surface area contributed by atoms with Crippen LogP contribution in [-0.4, -0.2) is 48.6 Å². The molecule has 0 radical (unpaired) electrons. The highest BCUT2D eigenvalue weighted by Gasteiger charge is 2.28. The minimum absolute atomic E-state index is 0.0825. The van der Waals surface area contributed by atoms with Gasteiger partial charge in [-0.05, 0) is 69.9 Å². The van der Waals surface area contributed by atoms with Gasteiger partial charge in [0, 0.05) is 31.5 Å². The maximum Gasteiger partial charge on any atom is 0.410 e. The van der Waals surface area contributed by atoms with Crippen LogP contribution in [0.4, 0.5) is 9.18 Å². The van der Waals surface area contributed by atoms with Crippen LogP contribution in [0.5, 0.6) is 0 Å². The molecule has 0 atom stereocenters. The Kier molecular flexibility index (Phi) is 5.94. The standard InChI is InChI=1S/C27H27FN6O3/c1-16-13-33-14-19(9-18(12-29)24(33)31-16)17-10-21(28)23-22(11-17)30-15-34(25(23)35)20-5-7-32(8-6-20)26(36)37-27(2,3)4/h9-11,13-15,20H,5-8H2,1-4H3. The first kappa shape index (κ1) is 24.4. The number of amides is 1. The van der Waals surface area contributed by atoms with Crippen LogP contribution in [-0.2, 0) is 4.74 Å². The summed E-state index contributed by atoms with van der Waals surface area (Å²) in [5.74, 6) is -0.675. The van der Waals surface area contributed by atoms with Gasteiger partial charge in [-0.1, -0.05) is 0 Å². The number of pyridine rings is 1. The number of ether oxygens (including phenoxy) is 1. The topological polar surface area (TPSA) is 106 Å². The second-order valence-corrected chi connectivity index (χ2v) is 10.4. The number of hydrogen-bond donors (Lipinski definition) is 0. The Balaban J connectivity index is 1.45. The molecule has 4 heterocycles. The number of piperidine rings is 1. The second kappa shape index (κ2) is 9.00. The molecule has 0 bridgehead atoms. The van der Waals surface area contributed by atoms with Crippen LogP contribution in [0.25, 0.3) is 27.7 Å². The molecule has 1 fully saturated rings. The fourth-order valence-corrected chi connectivity index (χ4v) is 4.75. The van der Waals surface area contributed by atoms with Crippen molar-refractivity contribution in [2.24, 2.45) is 0 Å². The summed E-state index contributed by atoms with van der Waals surface area (Å²) < 4.78 is 24.0. The van der Waals surface area contributed by atoms with Gasteiger partial charge in [0.1, 0.15) is 22.9 Å². The number of likely N-dealkylation sites (tertiary alicyclic amines) is 1. The van der Waals surface area contributed by atoms with Gasteiger partial charge >= 0.3 is 6.09 Å². The quantitative estimate of drug-likeness (QED) is 0.397. The Morgan fingerprint density at radius 2 is 1.89 bits per heavy atom. The van der Waals surface area contributed by atoms with Crippen LogP contribution in [0.3, 0.4) is 0 Å². The van der Waals surface area contributed by atoms with Gasteiger partial charge < -0.3 is 14.0 Å². The molecular formula is C27H27FN6O3. The summed E-state index contributed by atoms with van der Waals surface area (Å²) in [7, 11) is 0. The van der Waals surface area contributed by atoms with Gasteiger partial charge in [0.15, 0.2) is 5.65 Å². The predicted molar refractivity (Wildman–Crippen MR) is 136 cm³/mol. The number of nitriles is 1. The van der Waals surface area contributed by atoms with Crippen LogP contribution >= 0.6 is 0 Å². The lowest BCUT2D eigenvalue weighted by Gasteiger charge is -2.34. The molecule has 190 valence electrons. The van der Waals surface area contributed by atoms with Crippen LogP contribution in [0.15, 0.2) is 41.7 Å². The minimum Gasteiger partial charge on any atom is -0.444 e. The summed E-state index contributed by atoms with van der Waals surface area (Å²) in [6.45, 7) is 8.15. The molecule has 1 amide bonds. The number of aromatic nitrogens is 4. The molecule has 0 saturated carbocycles. The Morgan fingerprint density at radius 3 is 2.57 bits per heavy atom. The molecule has 3 aromatic heterocycles. The highest BCUT2D eigenvalue weighted by Crippen LogP contribution is 2.28. The molecule has 1 aromatic carbocycles. The lowest BCUT2D eigenvalue weighted by molar-refractivity contribution is 0.0187. The third-order valence-corrected chi connectivity index (χ3v) is 6.47. The number of aryl methyl sites for hydroxylation is 1. The van der Waals surface area contributed by atoms with Crippen molar-refractivity contribution in [1.29, 1.82) is 5.26 Å². The Labute approximate surface area is 212 Å². The van der Waals surface area contributed by atoms with E-state index in [0.29, 0.717) is 48.3 Å². The highest BCUT2D eigenvalue weighted by molar-refractivity contribution is 5.84. The van der Waals surface area contributed by atoms with Gasteiger partial charge in [0.05, 0.1) is 23.1 Å². The van der Waals surface area contributed by atoms with E-state index in [2.05, 4.69) is 16.0 Å². The predicted octanol–water partition coefficient (Wildman–Crippen LogP) is 4.60. The summed E-state index contributed by atoms with van der Waals surface area (Å²) in [5.41, 5.74) is 1.98. The van der Waals surface area contributed by atoms with Gasteiger partial charge in [-0.15, -0.1) is 0 Å². The summed E-state index contributed by atoms with van der Waals surface area (Å²) in [6.07, 6.45) is 5.71. The molecule has 1 saturated heterocycles. The fourth-order valence-electron chi connectivity index (χ4n) is 4.75. The number of benzene rings is 1. The molecule has 1 aliphatic rings. The van der Waals surface area contributed by atoms with E-state index in [0.717, 1.165) is 5.69 Å². The van der Waals surface area contributed by atoms with Crippen molar-refractivity contribution < 1.29 is 13.9 Å². The Bertz CT molecular complexity index is 1630. The van der Waals surface area contributed by atoms with Gasteiger partial charge in [0.25, 0.3) is 5.56 Å². The smallest absolute Gasteiger partial charge is 0.410 e. The van der Waals surface area contributed by atoms with Crippen molar-refractivity contribution in [3.05, 3.63) is 64.3 Å². The van der Waals surface area contributed by atoms with E-state index < -0.39 is 17.0 Å². The number of hydrogen-bond acceptors (Lipinski definition) is 6. The maximum absolute atomic E-state index is 15.4. The van der Waals surface area contributed by atoms with E-state index in [1.165, 1.54) is 17.0 Å². The summed E-state index contributed by atoms with van der Waals surface area (Å²) in [5, 5.41) is 9.48. The number of rotatable bonds is 2. The van der Waals surface area contributed by atoms with E-state index in [1.807, 2.05) is 27.7 Å². The average Bonchev–Trinajstić information content (AvgIpc) is 3.22. The zero-order chi connectivity index (χ0) is 26.5. The first-order chi connectivity index (χ1) is 17.5. The van der Waals surface area contributed by atoms with Crippen LogP contribution in [0, 0.1) is 24.1 Å². The van der Waals surface area contributed by atoms with Gasteiger partial charge in [-0.2, -0.15) is 5.26 Å². The van der Waals surface area contributed by atoms with Gasteiger partial charge in [-0.3, -0.25) is 9.36 Å². The van der Waals surface area contributed by atoms with E-state index in [-0.39, 0.29) is 23.0 Å². The molecule has 9 nitrogen and oxygen atoms in total. The number of fused-ring (bicyclic) bond motifs is 2. The molecule has 0 N–H and O–H groups in total. The van der Waals surface area contributed by atoms with E-state index in [9.17, 15) is 14.9 Å². The van der Waals surface area contributed by atoms with Crippen LogP contribution in [0.1, 0.15) is 50.9 Å².